The van der Waals surface area contributed by atoms with Crippen LogP contribution in [0.2, 0.25) is 0 Å². The maximum absolute atomic E-state index is 12.7. The first-order valence-corrected chi connectivity index (χ1v) is 4.83. The van der Waals surface area contributed by atoms with Gasteiger partial charge in [0.1, 0.15) is 16.3 Å². The molecule has 0 saturated heterocycles. The fraction of sp³-hybridized carbons (Fsp3) is 0.143. The second-order valence-electron chi connectivity index (χ2n) is 2.55. The summed E-state index contributed by atoms with van der Waals surface area (Å²) in [6.45, 7) is 0. The Morgan fingerprint density at radius 2 is 1.67 bits per heavy atom. The molecule has 0 fully saturated rings. The molecule has 84 valence electrons. The van der Waals surface area contributed by atoms with Gasteiger partial charge in [-0.2, -0.15) is 21.6 Å². The lowest BCUT2D eigenvalue weighted by Gasteiger charge is -2.10. The quantitative estimate of drug-likeness (QED) is 0.563. The second-order valence-corrected chi connectivity index (χ2v) is 3.86. The van der Waals surface area contributed by atoms with Crippen LogP contribution in [0, 0.1) is 5.82 Å². The zero-order valence-electron chi connectivity index (χ0n) is 6.85. The van der Waals surface area contributed by atoms with Gasteiger partial charge in [-0.1, -0.05) is 6.07 Å². The summed E-state index contributed by atoms with van der Waals surface area (Å²) >= 11 is 0. The minimum atomic E-state index is -5.60. The molecule has 0 bridgehead atoms. The predicted molar refractivity (Wildman–Crippen MR) is 39.7 cm³/mol. The molecule has 0 aromatic heterocycles. The van der Waals surface area contributed by atoms with Gasteiger partial charge in [0.05, 0.1) is 0 Å². The first-order chi connectivity index (χ1) is 6.64. The molecule has 0 amide bonds. The summed E-state index contributed by atoms with van der Waals surface area (Å²) in [5.74, 6) is -1.83. The molecule has 0 aliphatic carbocycles. The first kappa shape index (κ1) is 11.9. The van der Waals surface area contributed by atoms with Gasteiger partial charge >= 0.3 is 16.4 Å². The molecule has 1 rings (SSSR count). The SMILES string of the molecule is O=S(=O)(F)c1cccc(F)c1C(F)(F)F. The van der Waals surface area contributed by atoms with E-state index in [1.54, 1.807) is 0 Å². The third kappa shape index (κ3) is 2.44. The molecule has 1 aromatic rings. The smallest absolute Gasteiger partial charge is 0.206 e. The van der Waals surface area contributed by atoms with E-state index in [1.165, 1.54) is 0 Å². The molecule has 0 radical (unpaired) electrons. The van der Waals surface area contributed by atoms with E-state index in [4.69, 9.17) is 0 Å². The van der Waals surface area contributed by atoms with Crippen LogP contribution in [0.25, 0.3) is 0 Å². The number of hydrogen-bond acceptors (Lipinski definition) is 2. The summed E-state index contributed by atoms with van der Waals surface area (Å²) in [7, 11) is -5.60. The standard InChI is InChI=1S/C7H3F5O2S/c8-4-2-1-3-5(15(12,13)14)6(4)7(9,10)11/h1-3H. The fourth-order valence-corrected chi connectivity index (χ4v) is 1.68. The van der Waals surface area contributed by atoms with E-state index >= 15 is 0 Å². The Balaban J connectivity index is 3.63. The molecule has 0 saturated carbocycles. The molecular weight excluding hydrogens is 243 g/mol. The Morgan fingerprint density at radius 3 is 2.00 bits per heavy atom. The van der Waals surface area contributed by atoms with E-state index in [-0.39, 0.29) is 0 Å². The van der Waals surface area contributed by atoms with E-state index in [9.17, 15) is 29.9 Å². The minimum Gasteiger partial charge on any atom is -0.206 e. The molecule has 1 aromatic carbocycles. The average Bonchev–Trinajstić information content (AvgIpc) is 1.99. The monoisotopic (exact) mass is 246 g/mol. The Kier molecular flexibility index (Phi) is 2.73. The van der Waals surface area contributed by atoms with Crippen molar-refractivity contribution in [2.24, 2.45) is 0 Å². The van der Waals surface area contributed by atoms with Crippen LogP contribution in [-0.2, 0) is 16.4 Å². The zero-order chi connectivity index (χ0) is 11.9. The summed E-state index contributed by atoms with van der Waals surface area (Å²) in [4.78, 5) is -1.71. The van der Waals surface area contributed by atoms with Crippen LogP contribution >= 0.6 is 0 Å². The molecule has 8 heteroatoms. The maximum atomic E-state index is 12.7. The van der Waals surface area contributed by atoms with Gasteiger partial charge in [-0.15, -0.1) is 3.89 Å². The van der Waals surface area contributed by atoms with Crippen molar-refractivity contribution < 1.29 is 29.9 Å². The first-order valence-electron chi connectivity index (χ1n) is 3.44. The molecule has 0 heterocycles. The van der Waals surface area contributed by atoms with Crippen molar-refractivity contribution in [1.82, 2.24) is 0 Å². The highest BCUT2D eigenvalue weighted by Gasteiger charge is 2.40. The molecule has 0 N–H and O–H groups in total. The zero-order valence-corrected chi connectivity index (χ0v) is 7.66. The maximum Gasteiger partial charge on any atom is 0.420 e. The molecule has 2 nitrogen and oxygen atoms in total. The molecule has 0 atom stereocenters. The van der Waals surface area contributed by atoms with Crippen molar-refractivity contribution in [1.29, 1.82) is 0 Å². The number of benzene rings is 1. The van der Waals surface area contributed by atoms with Gasteiger partial charge in [-0.05, 0) is 12.1 Å². The lowest BCUT2D eigenvalue weighted by Crippen LogP contribution is -2.13. The largest absolute Gasteiger partial charge is 0.420 e. The highest BCUT2D eigenvalue weighted by molar-refractivity contribution is 7.86. The lowest BCUT2D eigenvalue weighted by atomic mass is 10.2. The van der Waals surface area contributed by atoms with E-state index in [2.05, 4.69) is 0 Å². The molecule has 0 aliphatic rings. The number of halogens is 5. The Labute approximate surface area is 81.5 Å². The highest BCUT2D eigenvalue weighted by atomic mass is 32.3. The van der Waals surface area contributed by atoms with Crippen LogP contribution in [-0.4, -0.2) is 8.42 Å². The Hall–Kier alpha value is -1.18. The number of alkyl halides is 3. The van der Waals surface area contributed by atoms with Crippen molar-refractivity contribution in [2.45, 2.75) is 11.1 Å². The van der Waals surface area contributed by atoms with Gasteiger partial charge in [-0.3, -0.25) is 0 Å². The second kappa shape index (κ2) is 3.44. The molecule has 0 aliphatic heterocycles. The van der Waals surface area contributed by atoms with Crippen LogP contribution in [0.15, 0.2) is 23.1 Å². The number of hydrogen-bond donors (Lipinski definition) is 0. The number of rotatable bonds is 1. The summed E-state index contributed by atoms with van der Waals surface area (Å²) in [6.07, 6.45) is -5.26. The van der Waals surface area contributed by atoms with Gasteiger partial charge in [0.25, 0.3) is 0 Å². The molecule has 15 heavy (non-hydrogen) atoms. The summed E-state index contributed by atoms with van der Waals surface area (Å²) in [5.41, 5.74) is -2.12. The summed E-state index contributed by atoms with van der Waals surface area (Å²) in [6, 6.07) is 1.43. The van der Waals surface area contributed by atoms with Gasteiger partial charge in [0.2, 0.25) is 0 Å². The Morgan fingerprint density at radius 1 is 1.13 bits per heavy atom. The molecular formula is C7H3F5O2S. The van der Waals surface area contributed by atoms with E-state index in [1.807, 2.05) is 0 Å². The lowest BCUT2D eigenvalue weighted by molar-refractivity contribution is -0.142. The fourth-order valence-electron chi connectivity index (χ4n) is 0.983. The average molecular weight is 246 g/mol. The normalized spacial score (nSPS) is 12.9. The van der Waals surface area contributed by atoms with E-state index in [0.717, 1.165) is 0 Å². The van der Waals surface area contributed by atoms with Crippen molar-refractivity contribution in [3.8, 4) is 0 Å². The minimum absolute atomic E-state index is 0.348. The van der Waals surface area contributed by atoms with E-state index in [0.29, 0.717) is 18.2 Å². The van der Waals surface area contributed by atoms with Gasteiger partial charge in [0.15, 0.2) is 0 Å². The summed E-state index contributed by atoms with van der Waals surface area (Å²) < 4.78 is 82.3. The van der Waals surface area contributed by atoms with Gasteiger partial charge in [0, 0.05) is 0 Å². The summed E-state index contributed by atoms with van der Waals surface area (Å²) in [5, 5.41) is 0. The van der Waals surface area contributed by atoms with Crippen molar-refractivity contribution in [2.75, 3.05) is 0 Å². The third-order valence-corrected chi connectivity index (χ3v) is 2.39. The predicted octanol–water partition coefficient (Wildman–Crippen LogP) is 2.50. The van der Waals surface area contributed by atoms with Crippen LogP contribution in [0.4, 0.5) is 21.4 Å². The molecule has 0 spiro atoms. The van der Waals surface area contributed by atoms with Crippen LogP contribution in [0.5, 0.6) is 0 Å². The molecule has 0 unspecified atom stereocenters. The Bertz CT molecular complexity index is 477. The van der Waals surface area contributed by atoms with Crippen LogP contribution in [0.1, 0.15) is 5.56 Å². The van der Waals surface area contributed by atoms with Gasteiger partial charge < -0.3 is 0 Å². The van der Waals surface area contributed by atoms with Crippen LogP contribution in [0.3, 0.4) is 0 Å². The van der Waals surface area contributed by atoms with Crippen LogP contribution < -0.4 is 0 Å². The van der Waals surface area contributed by atoms with Gasteiger partial charge in [-0.25, -0.2) is 4.39 Å². The third-order valence-electron chi connectivity index (χ3n) is 1.52. The highest BCUT2D eigenvalue weighted by Crippen LogP contribution is 2.36. The van der Waals surface area contributed by atoms with Crippen molar-refractivity contribution in [3.05, 3.63) is 29.6 Å². The van der Waals surface area contributed by atoms with E-state index < -0.39 is 32.7 Å². The van der Waals surface area contributed by atoms with Crippen molar-refractivity contribution >= 4 is 10.2 Å². The van der Waals surface area contributed by atoms with Crippen molar-refractivity contribution in [3.63, 3.8) is 0 Å². The topological polar surface area (TPSA) is 34.1 Å².